The fourth-order valence-electron chi connectivity index (χ4n) is 2.34. The van der Waals surface area contributed by atoms with E-state index in [0.717, 1.165) is 30.2 Å². The minimum atomic E-state index is -2.65. The highest BCUT2D eigenvalue weighted by Gasteiger charge is 2.28. The van der Waals surface area contributed by atoms with Crippen molar-refractivity contribution in [2.45, 2.75) is 45.0 Å². The predicted molar refractivity (Wildman–Crippen MR) is 77.2 cm³/mol. The third kappa shape index (κ3) is 2.93. The molecule has 5 nitrogen and oxygen atoms in total. The molecule has 0 aliphatic heterocycles. The van der Waals surface area contributed by atoms with Crippen LogP contribution in [0.25, 0.3) is 5.65 Å². The fraction of sp³-hybridized carbons (Fsp3) is 0.533. The summed E-state index contributed by atoms with van der Waals surface area (Å²) in [5.41, 5.74) is 0.888. The van der Waals surface area contributed by atoms with Crippen LogP contribution in [-0.4, -0.2) is 27.0 Å². The molecular weight excluding hydrogens is 290 g/mol. The SMILES string of the molecule is CCCCNC(=O)c1cc2nc(C3CC3)cc(C(F)F)n2n1. The molecule has 2 aromatic rings. The van der Waals surface area contributed by atoms with Crippen molar-refractivity contribution in [2.24, 2.45) is 0 Å². The Bertz CT molecular complexity index is 694. The smallest absolute Gasteiger partial charge is 0.280 e. The Hall–Kier alpha value is -2.05. The molecule has 0 atom stereocenters. The summed E-state index contributed by atoms with van der Waals surface area (Å²) < 4.78 is 27.5. The topological polar surface area (TPSA) is 59.3 Å². The number of nitrogens with zero attached hydrogens (tertiary/aromatic N) is 3. The van der Waals surface area contributed by atoms with Gasteiger partial charge < -0.3 is 5.32 Å². The number of fused-ring (bicyclic) bond motifs is 1. The third-order valence-electron chi connectivity index (χ3n) is 3.74. The van der Waals surface area contributed by atoms with Crippen LogP contribution in [0, 0.1) is 0 Å². The van der Waals surface area contributed by atoms with Gasteiger partial charge in [0.05, 0.1) is 0 Å². The summed E-state index contributed by atoms with van der Waals surface area (Å²) in [5, 5.41) is 6.72. The van der Waals surface area contributed by atoms with Gasteiger partial charge in [-0.15, -0.1) is 0 Å². The van der Waals surface area contributed by atoms with Gasteiger partial charge in [-0.3, -0.25) is 4.79 Å². The van der Waals surface area contributed by atoms with Gasteiger partial charge in [-0.1, -0.05) is 13.3 Å². The number of hydrogen-bond donors (Lipinski definition) is 1. The van der Waals surface area contributed by atoms with Crippen LogP contribution in [0.5, 0.6) is 0 Å². The zero-order chi connectivity index (χ0) is 15.7. The molecular formula is C15H18F2N4O. The predicted octanol–water partition coefficient (Wildman–Crippen LogP) is 3.07. The van der Waals surface area contributed by atoms with E-state index in [-0.39, 0.29) is 23.2 Å². The number of amides is 1. The Labute approximate surface area is 126 Å². The van der Waals surface area contributed by atoms with Crippen LogP contribution in [0.15, 0.2) is 12.1 Å². The molecule has 2 aromatic heterocycles. The highest BCUT2D eigenvalue weighted by atomic mass is 19.3. The second kappa shape index (κ2) is 5.98. The van der Waals surface area contributed by atoms with E-state index in [1.807, 2.05) is 6.92 Å². The number of aromatic nitrogens is 3. The van der Waals surface area contributed by atoms with E-state index in [1.165, 1.54) is 12.1 Å². The molecule has 0 aromatic carbocycles. The Balaban J connectivity index is 1.93. The summed E-state index contributed by atoms with van der Waals surface area (Å²) in [7, 11) is 0. The molecule has 1 aliphatic rings. The first-order chi connectivity index (χ1) is 10.6. The number of carbonyl (C=O) groups is 1. The lowest BCUT2D eigenvalue weighted by atomic mass is 10.2. The molecule has 22 heavy (non-hydrogen) atoms. The Kier molecular flexibility index (Phi) is 4.04. The van der Waals surface area contributed by atoms with Crippen molar-refractivity contribution >= 4 is 11.6 Å². The number of rotatable bonds is 6. The van der Waals surface area contributed by atoms with Gasteiger partial charge in [0.2, 0.25) is 0 Å². The number of halogens is 2. The summed E-state index contributed by atoms with van der Waals surface area (Å²) >= 11 is 0. The van der Waals surface area contributed by atoms with Gasteiger partial charge in [-0.2, -0.15) is 5.10 Å². The molecule has 1 aliphatic carbocycles. The molecule has 1 N–H and O–H groups in total. The van der Waals surface area contributed by atoms with E-state index >= 15 is 0 Å². The van der Waals surface area contributed by atoms with Crippen LogP contribution in [0.3, 0.4) is 0 Å². The quantitative estimate of drug-likeness (QED) is 0.834. The van der Waals surface area contributed by atoms with Gasteiger partial charge in [0.1, 0.15) is 5.69 Å². The van der Waals surface area contributed by atoms with Crippen molar-refractivity contribution < 1.29 is 13.6 Å². The summed E-state index contributed by atoms with van der Waals surface area (Å²) in [6, 6.07) is 2.88. The van der Waals surface area contributed by atoms with Crippen LogP contribution < -0.4 is 5.32 Å². The second-order valence-electron chi connectivity index (χ2n) is 5.59. The average Bonchev–Trinajstić information content (AvgIpc) is 3.25. The Morgan fingerprint density at radius 3 is 2.86 bits per heavy atom. The molecule has 0 bridgehead atoms. The standard InChI is InChI=1S/C15H18F2N4O/c1-2-3-6-18-15(22)11-8-13-19-10(9-4-5-9)7-12(14(16)17)21(13)20-11/h7-9,14H,2-6H2,1H3,(H,18,22). The van der Waals surface area contributed by atoms with Gasteiger partial charge >= 0.3 is 0 Å². The maximum absolute atomic E-state index is 13.2. The largest absolute Gasteiger partial charge is 0.351 e. The number of unbranched alkanes of at least 4 members (excludes halogenated alkanes) is 1. The molecule has 1 amide bonds. The lowest BCUT2D eigenvalue weighted by Crippen LogP contribution is -2.24. The number of alkyl halides is 2. The summed E-state index contributed by atoms with van der Waals surface area (Å²) in [5.74, 6) is -0.0913. The van der Waals surface area contributed by atoms with Gasteiger partial charge in [0.15, 0.2) is 11.3 Å². The zero-order valence-corrected chi connectivity index (χ0v) is 12.4. The molecule has 3 rings (SSSR count). The Morgan fingerprint density at radius 2 is 2.23 bits per heavy atom. The minimum absolute atomic E-state index is 0.124. The number of hydrogen-bond acceptors (Lipinski definition) is 3. The van der Waals surface area contributed by atoms with Gasteiger partial charge in [0, 0.05) is 24.2 Å². The molecule has 0 saturated heterocycles. The first-order valence-corrected chi connectivity index (χ1v) is 7.57. The molecule has 0 spiro atoms. The van der Waals surface area contributed by atoms with Gasteiger partial charge in [-0.05, 0) is 25.3 Å². The maximum atomic E-state index is 13.2. The normalized spacial score (nSPS) is 14.7. The average molecular weight is 308 g/mol. The van der Waals surface area contributed by atoms with Crippen molar-refractivity contribution in [3.63, 3.8) is 0 Å². The highest BCUT2D eigenvalue weighted by molar-refractivity contribution is 5.93. The molecule has 118 valence electrons. The van der Waals surface area contributed by atoms with Crippen LogP contribution in [0.2, 0.25) is 0 Å². The van der Waals surface area contributed by atoms with E-state index in [0.29, 0.717) is 17.9 Å². The van der Waals surface area contributed by atoms with Crippen LogP contribution in [0.4, 0.5) is 8.78 Å². The van der Waals surface area contributed by atoms with Crippen LogP contribution in [0.1, 0.15) is 66.8 Å². The molecule has 0 unspecified atom stereocenters. The highest BCUT2D eigenvalue weighted by Crippen LogP contribution is 2.40. The van der Waals surface area contributed by atoms with Gasteiger partial charge in [0.25, 0.3) is 12.3 Å². The van der Waals surface area contributed by atoms with Crippen molar-refractivity contribution in [2.75, 3.05) is 6.54 Å². The molecule has 1 fully saturated rings. The monoisotopic (exact) mass is 308 g/mol. The first kappa shape index (κ1) is 14.9. The van der Waals surface area contributed by atoms with Crippen molar-refractivity contribution in [1.29, 1.82) is 0 Å². The minimum Gasteiger partial charge on any atom is -0.351 e. The lowest BCUT2D eigenvalue weighted by molar-refractivity contribution is 0.0947. The van der Waals surface area contributed by atoms with E-state index in [1.54, 1.807) is 0 Å². The third-order valence-corrected chi connectivity index (χ3v) is 3.74. The molecule has 7 heteroatoms. The van der Waals surface area contributed by atoms with E-state index in [2.05, 4.69) is 15.4 Å². The first-order valence-electron chi connectivity index (χ1n) is 7.57. The van der Waals surface area contributed by atoms with Crippen molar-refractivity contribution in [3.8, 4) is 0 Å². The molecule has 1 saturated carbocycles. The Morgan fingerprint density at radius 1 is 1.45 bits per heavy atom. The summed E-state index contributed by atoms with van der Waals surface area (Å²) in [6.45, 7) is 2.57. The lowest BCUT2D eigenvalue weighted by Gasteiger charge is -2.06. The molecule has 0 radical (unpaired) electrons. The van der Waals surface area contributed by atoms with Gasteiger partial charge in [-0.25, -0.2) is 18.3 Å². The van der Waals surface area contributed by atoms with Crippen LogP contribution >= 0.6 is 0 Å². The number of carbonyl (C=O) groups excluding carboxylic acids is 1. The zero-order valence-electron chi connectivity index (χ0n) is 12.4. The second-order valence-corrected chi connectivity index (χ2v) is 5.59. The van der Waals surface area contributed by atoms with E-state index in [9.17, 15) is 13.6 Å². The summed E-state index contributed by atoms with van der Waals surface area (Å²) in [6.07, 6.45) is 1.13. The van der Waals surface area contributed by atoms with Crippen molar-refractivity contribution in [3.05, 3.63) is 29.2 Å². The summed E-state index contributed by atoms with van der Waals surface area (Å²) in [4.78, 5) is 16.4. The van der Waals surface area contributed by atoms with Crippen molar-refractivity contribution in [1.82, 2.24) is 19.9 Å². The number of nitrogens with one attached hydrogen (secondary N) is 1. The van der Waals surface area contributed by atoms with E-state index < -0.39 is 6.43 Å². The van der Waals surface area contributed by atoms with Crippen LogP contribution in [-0.2, 0) is 0 Å². The van der Waals surface area contributed by atoms with E-state index in [4.69, 9.17) is 0 Å². The fourth-order valence-corrected chi connectivity index (χ4v) is 2.34. The molecule has 2 heterocycles. The maximum Gasteiger partial charge on any atom is 0.280 e.